The molecule has 0 aromatic rings. The van der Waals surface area contributed by atoms with Crippen LogP contribution in [0.2, 0.25) is 0 Å². The molecule has 0 fully saturated rings. The Bertz CT molecular complexity index is 121. The van der Waals surface area contributed by atoms with E-state index in [0.29, 0.717) is 6.61 Å². The lowest BCUT2D eigenvalue weighted by atomic mass is 10.1. The van der Waals surface area contributed by atoms with E-state index in [1.165, 1.54) is 70.6 Å². The van der Waals surface area contributed by atoms with Gasteiger partial charge in [-0.05, 0) is 13.3 Å². The van der Waals surface area contributed by atoms with Crippen molar-refractivity contribution in [3.8, 4) is 0 Å². The minimum absolute atomic E-state index is 0.651. The van der Waals surface area contributed by atoms with Crippen LogP contribution >= 0.6 is 0 Å². The number of rotatable bonds is 15. The van der Waals surface area contributed by atoms with Crippen molar-refractivity contribution < 1.29 is 9.78 Å². The van der Waals surface area contributed by atoms with Crippen LogP contribution in [0.25, 0.3) is 0 Å². The number of unbranched alkanes of at least 4 members (excludes halogenated alkanes) is 11. The van der Waals surface area contributed by atoms with Gasteiger partial charge in [0.15, 0.2) is 0 Å². The van der Waals surface area contributed by atoms with Gasteiger partial charge >= 0.3 is 0 Å². The molecule has 0 aliphatic heterocycles. The van der Waals surface area contributed by atoms with Gasteiger partial charge in [0.25, 0.3) is 0 Å². The molecule has 110 valence electrons. The van der Waals surface area contributed by atoms with Crippen molar-refractivity contribution in [1.29, 1.82) is 0 Å². The summed E-state index contributed by atoms with van der Waals surface area (Å²) in [6.45, 7) is 5.63. The Morgan fingerprint density at radius 3 is 1.39 bits per heavy atom. The van der Waals surface area contributed by atoms with Gasteiger partial charge < -0.3 is 0 Å². The van der Waals surface area contributed by atoms with E-state index < -0.39 is 0 Å². The van der Waals surface area contributed by atoms with E-state index in [-0.39, 0.29) is 0 Å². The van der Waals surface area contributed by atoms with Gasteiger partial charge in [0.2, 0.25) is 0 Å². The maximum absolute atomic E-state index is 4.97. The summed E-state index contributed by atoms with van der Waals surface area (Å²) in [6, 6.07) is 0. The highest BCUT2D eigenvalue weighted by molar-refractivity contribution is 4.48. The third kappa shape index (κ3) is 15.9. The molecule has 0 radical (unpaired) electrons. The summed E-state index contributed by atoms with van der Waals surface area (Å²) in [4.78, 5) is 9.81. The van der Waals surface area contributed by atoms with Crippen molar-refractivity contribution in [2.45, 2.75) is 90.9 Å². The molecule has 0 atom stereocenters. The molecule has 0 bridgehead atoms. The van der Waals surface area contributed by atoms with Gasteiger partial charge in [-0.2, -0.15) is 0 Å². The molecule has 0 aliphatic carbocycles. The molecule has 0 heterocycles. The van der Waals surface area contributed by atoms with E-state index in [2.05, 4.69) is 6.92 Å². The molecule has 0 amide bonds. The fraction of sp³-hybridized carbons (Fsp3) is 1.00. The molecule has 0 saturated heterocycles. The Kier molecular flexibility index (Phi) is 16.8. The molecule has 0 N–H and O–H groups in total. The first-order valence-corrected chi connectivity index (χ1v) is 8.16. The zero-order chi connectivity index (χ0) is 13.3. The number of hydrogen-bond donors (Lipinski definition) is 0. The first-order chi connectivity index (χ1) is 8.91. The lowest BCUT2D eigenvalue weighted by molar-refractivity contribution is -0.291. The molecule has 0 saturated carbocycles. The van der Waals surface area contributed by atoms with Crippen LogP contribution in [0.3, 0.4) is 0 Å². The minimum Gasteiger partial charge on any atom is -0.237 e. The maximum atomic E-state index is 4.97. The summed E-state index contributed by atoms with van der Waals surface area (Å²) < 4.78 is 0. The van der Waals surface area contributed by atoms with Crippen LogP contribution in [-0.2, 0) is 9.78 Å². The van der Waals surface area contributed by atoms with Gasteiger partial charge in [-0.15, -0.1) is 0 Å². The topological polar surface area (TPSA) is 18.5 Å². The Morgan fingerprint density at radius 2 is 0.944 bits per heavy atom. The molecular weight excluding hydrogens is 224 g/mol. The van der Waals surface area contributed by atoms with Crippen molar-refractivity contribution in [3.63, 3.8) is 0 Å². The van der Waals surface area contributed by atoms with Gasteiger partial charge in [0, 0.05) is 0 Å². The first-order valence-electron chi connectivity index (χ1n) is 8.16. The van der Waals surface area contributed by atoms with Crippen LogP contribution < -0.4 is 0 Å². The first kappa shape index (κ1) is 17.9. The fourth-order valence-corrected chi connectivity index (χ4v) is 2.14. The van der Waals surface area contributed by atoms with Crippen LogP contribution in [0.5, 0.6) is 0 Å². The van der Waals surface area contributed by atoms with Crippen LogP contribution in [0, 0.1) is 0 Å². The van der Waals surface area contributed by atoms with Gasteiger partial charge in [0.1, 0.15) is 0 Å². The van der Waals surface area contributed by atoms with Gasteiger partial charge in [-0.25, -0.2) is 9.78 Å². The SMILES string of the molecule is CCCCCCCCCCCCCCOOCC. The van der Waals surface area contributed by atoms with Crippen LogP contribution in [0.4, 0.5) is 0 Å². The Balaban J connectivity index is 2.86. The molecule has 0 unspecified atom stereocenters. The maximum Gasteiger partial charge on any atom is 0.0822 e. The summed E-state index contributed by atoms with van der Waals surface area (Å²) in [5.41, 5.74) is 0. The molecule has 0 aliphatic rings. The summed E-state index contributed by atoms with van der Waals surface area (Å²) in [6.07, 6.45) is 16.6. The lowest BCUT2D eigenvalue weighted by Crippen LogP contribution is -1.95. The Labute approximate surface area is 114 Å². The standard InChI is InChI=1S/C16H34O2/c1-3-5-6-7-8-9-10-11-12-13-14-15-16-18-17-4-2/h3-16H2,1-2H3. The second kappa shape index (κ2) is 16.9. The second-order valence-electron chi connectivity index (χ2n) is 5.12. The van der Waals surface area contributed by atoms with Gasteiger partial charge in [0.05, 0.1) is 13.2 Å². The molecule has 0 rings (SSSR count). The lowest BCUT2D eigenvalue weighted by Gasteiger charge is -2.03. The largest absolute Gasteiger partial charge is 0.237 e. The molecule has 0 aromatic carbocycles. The van der Waals surface area contributed by atoms with E-state index in [9.17, 15) is 0 Å². The quantitative estimate of drug-likeness (QED) is 0.214. The van der Waals surface area contributed by atoms with Crippen molar-refractivity contribution in [3.05, 3.63) is 0 Å². The van der Waals surface area contributed by atoms with E-state index in [0.717, 1.165) is 13.0 Å². The Morgan fingerprint density at radius 1 is 0.500 bits per heavy atom. The average Bonchev–Trinajstić information content (AvgIpc) is 2.39. The fourth-order valence-electron chi connectivity index (χ4n) is 2.14. The summed E-state index contributed by atoms with van der Waals surface area (Å²) in [5, 5.41) is 0. The van der Waals surface area contributed by atoms with Crippen molar-refractivity contribution in [2.24, 2.45) is 0 Å². The van der Waals surface area contributed by atoms with Gasteiger partial charge in [-0.3, -0.25) is 0 Å². The van der Waals surface area contributed by atoms with Crippen molar-refractivity contribution in [1.82, 2.24) is 0 Å². The number of hydrogen-bond acceptors (Lipinski definition) is 2. The minimum atomic E-state index is 0.651. The van der Waals surface area contributed by atoms with Crippen LogP contribution in [-0.4, -0.2) is 13.2 Å². The third-order valence-electron chi connectivity index (χ3n) is 3.28. The monoisotopic (exact) mass is 258 g/mol. The van der Waals surface area contributed by atoms with Crippen molar-refractivity contribution >= 4 is 0 Å². The summed E-state index contributed by atoms with van der Waals surface area (Å²) in [5.74, 6) is 0. The third-order valence-corrected chi connectivity index (χ3v) is 3.28. The predicted molar refractivity (Wildman–Crippen MR) is 78.7 cm³/mol. The van der Waals surface area contributed by atoms with Crippen molar-refractivity contribution in [2.75, 3.05) is 13.2 Å². The van der Waals surface area contributed by atoms with E-state index in [1.54, 1.807) is 0 Å². The van der Waals surface area contributed by atoms with E-state index in [4.69, 9.17) is 9.78 Å². The second-order valence-corrected chi connectivity index (χ2v) is 5.12. The smallest absolute Gasteiger partial charge is 0.0822 e. The molecule has 2 heteroatoms. The molecule has 0 aromatic heterocycles. The van der Waals surface area contributed by atoms with Gasteiger partial charge in [-0.1, -0.05) is 77.6 Å². The highest BCUT2D eigenvalue weighted by Crippen LogP contribution is 2.11. The van der Waals surface area contributed by atoms with E-state index in [1.807, 2.05) is 6.92 Å². The average molecular weight is 258 g/mol. The zero-order valence-corrected chi connectivity index (χ0v) is 12.7. The van der Waals surface area contributed by atoms with Crippen LogP contribution in [0.15, 0.2) is 0 Å². The highest BCUT2D eigenvalue weighted by Gasteiger charge is 1.93. The normalized spacial score (nSPS) is 11.0. The zero-order valence-electron chi connectivity index (χ0n) is 12.7. The summed E-state index contributed by atoms with van der Waals surface area (Å²) >= 11 is 0. The predicted octanol–water partition coefficient (Wildman–Crippen LogP) is 5.66. The molecular formula is C16H34O2. The highest BCUT2D eigenvalue weighted by atomic mass is 17.2. The molecule has 18 heavy (non-hydrogen) atoms. The van der Waals surface area contributed by atoms with Crippen LogP contribution in [0.1, 0.15) is 90.9 Å². The molecule has 0 spiro atoms. The molecule has 2 nitrogen and oxygen atoms in total. The summed E-state index contributed by atoms with van der Waals surface area (Å²) in [7, 11) is 0. The van der Waals surface area contributed by atoms with E-state index >= 15 is 0 Å². The Hall–Kier alpha value is -0.0800.